The molecule has 1 aromatic heterocycles. The standard InChI is InChI=1S/C22H24N2O6S/c1-5-30-12-11-24-15-10-9-14(21(26)29-4)13-18(15)31-22(24)23-20(25)19-16(27-2)7-6-8-17(19)28-3/h6-10,13H,5,11-12H2,1-4H3. The number of fused-ring (bicyclic) bond motifs is 1. The van der Waals surface area contributed by atoms with Crippen LogP contribution in [0.25, 0.3) is 10.2 Å². The molecule has 31 heavy (non-hydrogen) atoms. The third kappa shape index (κ3) is 4.78. The first-order valence-electron chi connectivity index (χ1n) is 9.63. The summed E-state index contributed by atoms with van der Waals surface area (Å²) in [5.41, 5.74) is 1.52. The fraction of sp³-hybridized carbons (Fsp3) is 0.318. The van der Waals surface area contributed by atoms with Gasteiger partial charge in [0.1, 0.15) is 17.1 Å². The average Bonchev–Trinajstić information content (AvgIpc) is 3.13. The number of esters is 1. The van der Waals surface area contributed by atoms with Gasteiger partial charge in [0.2, 0.25) is 0 Å². The number of nitrogens with zero attached hydrogens (tertiary/aromatic N) is 2. The van der Waals surface area contributed by atoms with Crippen molar-refractivity contribution in [3.05, 3.63) is 52.3 Å². The molecule has 0 aliphatic heterocycles. The van der Waals surface area contributed by atoms with Crippen molar-refractivity contribution >= 4 is 33.4 Å². The second-order valence-electron chi connectivity index (χ2n) is 6.36. The highest BCUT2D eigenvalue weighted by Gasteiger charge is 2.19. The van der Waals surface area contributed by atoms with E-state index in [4.69, 9.17) is 18.9 Å². The van der Waals surface area contributed by atoms with Crippen LogP contribution in [0.2, 0.25) is 0 Å². The first kappa shape index (κ1) is 22.5. The Morgan fingerprint density at radius 1 is 1.06 bits per heavy atom. The SMILES string of the molecule is CCOCCn1c(=NC(=O)c2c(OC)cccc2OC)sc2cc(C(=O)OC)ccc21. The van der Waals surface area contributed by atoms with Crippen LogP contribution in [0.3, 0.4) is 0 Å². The van der Waals surface area contributed by atoms with Crippen molar-refractivity contribution in [3.8, 4) is 11.5 Å². The molecule has 0 N–H and O–H groups in total. The number of aromatic nitrogens is 1. The van der Waals surface area contributed by atoms with E-state index in [0.717, 1.165) is 10.2 Å². The number of hydrogen-bond acceptors (Lipinski definition) is 7. The zero-order valence-corrected chi connectivity index (χ0v) is 18.7. The van der Waals surface area contributed by atoms with Crippen LogP contribution in [0, 0.1) is 0 Å². The van der Waals surface area contributed by atoms with E-state index in [1.807, 2.05) is 17.6 Å². The number of carbonyl (C=O) groups is 2. The molecule has 0 saturated heterocycles. The van der Waals surface area contributed by atoms with Gasteiger partial charge in [-0.05, 0) is 37.3 Å². The van der Waals surface area contributed by atoms with Crippen LogP contribution in [-0.4, -0.2) is 51.0 Å². The topological polar surface area (TPSA) is 88.4 Å². The average molecular weight is 445 g/mol. The molecule has 3 rings (SSSR count). The Hall–Kier alpha value is -3.17. The van der Waals surface area contributed by atoms with Gasteiger partial charge in [0.15, 0.2) is 4.80 Å². The lowest BCUT2D eigenvalue weighted by Gasteiger charge is -2.10. The maximum Gasteiger partial charge on any atom is 0.337 e. The van der Waals surface area contributed by atoms with Gasteiger partial charge in [0, 0.05) is 13.2 Å². The molecule has 0 atom stereocenters. The smallest absolute Gasteiger partial charge is 0.337 e. The predicted octanol–water partition coefficient (Wildman–Crippen LogP) is 3.28. The number of ether oxygens (including phenoxy) is 4. The number of hydrogen-bond donors (Lipinski definition) is 0. The summed E-state index contributed by atoms with van der Waals surface area (Å²) in [7, 11) is 4.31. The van der Waals surface area contributed by atoms with Gasteiger partial charge in [-0.3, -0.25) is 4.79 Å². The lowest BCUT2D eigenvalue weighted by molar-refractivity contribution is 0.0600. The largest absolute Gasteiger partial charge is 0.496 e. The van der Waals surface area contributed by atoms with Crippen molar-refractivity contribution in [1.29, 1.82) is 0 Å². The molecule has 9 heteroatoms. The third-order valence-corrected chi connectivity index (χ3v) is 5.65. The van der Waals surface area contributed by atoms with Crippen molar-refractivity contribution in [2.75, 3.05) is 34.5 Å². The molecular formula is C22H24N2O6S. The van der Waals surface area contributed by atoms with Crippen molar-refractivity contribution < 1.29 is 28.5 Å². The second kappa shape index (κ2) is 10.2. The second-order valence-corrected chi connectivity index (χ2v) is 7.37. The summed E-state index contributed by atoms with van der Waals surface area (Å²) < 4.78 is 23.7. The molecule has 0 bridgehead atoms. The van der Waals surface area contributed by atoms with E-state index in [1.165, 1.54) is 32.7 Å². The van der Waals surface area contributed by atoms with Gasteiger partial charge >= 0.3 is 5.97 Å². The van der Waals surface area contributed by atoms with E-state index in [1.54, 1.807) is 30.3 Å². The van der Waals surface area contributed by atoms with Gasteiger partial charge < -0.3 is 23.5 Å². The zero-order chi connectivity index (χ0) is 22.4. The van der Waals surface area contributed by atoms with E-state index in [2.05, 4.69) is 4.99 Å². The molecule has 3 aromatic rings. The number of thiazole rings is 1. The first-order chi connectivity index (χ1) is 15.0. The summed E-state index contributed by atoms with van der Waals surface area (Å²) in [6.07, 6.45) is 0. The van der Waals surface area contributed by atoms with Crippen LogP contribution in [0.4, 0.5) is 0 Å². The lowest BCUT2D eigenvalue weighted by atomic mass is 10.1. The van der Waals surface area contributed by atoms with Crippen LogP contribution in [0.1, 0.15) is 27.6 Å². The van der Waals surface area contributed by atoms with Gasteiger partial charge in [0.05, 0.1) is 43.7 Å². The number of amides is 1. The minimum absolute atomic E-state index is 0.247. The minimum Gasteiger partial charge on any atom is -0.496 e. The first-order valence-corrected chi connectivity index (χ1v) is 10.4. The fourth-order valence-corrected chi connectivity index (χ4v) is 4.22. The molecule has 0 saturated carbocycles. The van der Waals surface area contributed by atoms with Crippen molar-refractivity contribution in [1.82, 2.24) is 4.57 Å². The van der Waals surface area contributed by atoms with Crippen molar-refractivity contribution in [2.24, 2.45) is 4.99 Å². The molecule has 1 heterocycles. The Bertz CT molecular complexity index is 1140. The van der Waals surface area contributed by atoms with Crippen LogP contribution < -0.4 is 14.3 Å². The molecule has 0 unspecified atom stereocenters. The Balaban J connectivity index is 2.15. The van der Waals surface area contributed by atoms with Crippen LogP contribution in [0.5, 0.6) is 11.5 Å². The van der Waals surface area contributed by atoms with E-state index in [-0.39, 0.29) is 5.56 Å². The highest BCUT2D eigenvalue weighted by molar-refractivity contribution is 7.16. The van der Waals surface area contributed by atoms with Gasteiger partial charge in [-0.2, -0.15) is 4.99 Å². The Morgan fingerprint density at radius 3 is 2.39 bits per heavy atom. The summed E-state index contributed by atoms with van der Waals surface area (Å²) >= 11 is 1.30. The molecule has 2 aromatic carbocycles. The van der Waals surface area contributed by atoms with Gasteiger partial charge in [0.25, 0.3) is 5.91 Å². The lowest BCUT2D eigenvalue weighted by Crippen LogP contribution is -2.20. The molecule has 8 nitrogen and oxygen atoms in total. The van der Waals surface area contributed by atoms with Gasteiger partial charge in [-0.15, -0.1) is 0 Å². The molecule has 0 fully saturated rings. The molecule has 1 amide bonds. The molecule has 0 spiro atoms. The number of carbonyl (C=O) groups excluding carboxylic acids is 2. The van der Waals surface area contributed by atoms with Crippen LogP contribution in [0.15, 0.2) is 41.4 Å². The van der Waals surface area contributed by atoms with Gasteiger partial charge in [-0.25, -0.2) is 4.79 Å². The van der Waals surface area contributed by atoms with E-state index in [0.29, 0.717) is 41.6 Å². The molecule has 0 aliphatic carbocycles. The van der Waals surface area contributed by atoms with Crippen molar-refractivity contribution in [2.45, 2.75) is 13.5 Å². The Morgan fingerprint density at radius 2 is 1.77 bits per heavy atom. The quantitative estimate of drug-likeness (QED) is 0.391. The van der Waals surface area contributed by atoms with Crippen molar-refractivity contribution in [3.63, 3.8) is 0 Å². The van der Waals surface area contributed by atoms with E-state index >= 15 is 0 Å². The summed E-state index contributed by atoms with van der Waals surface area (Å²) in [6, 6.07) is 10.3. The van der Waals surface area contributed by atoms with Crippen LogP contribution >= 0.6 is 11.3 Å². The van der Waals surface area contributed by atoms with E-state index < -0.39 is 11.9 Å². The number of rotatable bonds is 8. The predicted molar refractivity (Wildman–Crippen MR) is 117 cm³/mol. The third-order valence-electron chi connectivity index (χ3n) is 4.61. The maximum absolute atomic E-state index is 13.1. The molecule has 164 valence electrons. The minimum atomic E-state index is -0.487. The Kier molecular flexibility index (Phi) is 7.43. The summed E-state index contributed by atoms with van der Waals surface area (Å²) in [4.78, 5) is 29.9. The summed E-state index contributed by atoms with van der Waals surface area (Å²) in [6.45, 7) is 3.46. The monoisotopic (exact) mass is 444 g/mol. The summed E-state index contributed by atoms with van der Waals surface area (Å²) in [5, 5.41) is 0. The normalized spacial score (nSPS) is 11.5. The maximum atomic E-state index is 13.1. The molecule has 0 radical (unpaired) electrons. The van der Waals surface area contributed by atoms with Crippen LogP contribution in [-0.2, 0) is 16.0 Å². The number of benzene rings is 2. The molecular weight excluding hydrogens is 420 g/mol. The number of methoxy groups -OCH3 is 3. The Labute approximate surface area is 183 Å². The highest BCUT2D eigenvalue weighted by Crippen LogP contribution is 2.29. The summed E-state index contributed by atoms with van der Waals surface area (Å²) in [5.74, 6) is -0.158. The molecule has 0 aliphatic rings. The highest BCUT2D eigenvalue weighted by atomic mass is 32.1. The van der Waals surface area contributed by atoms with E-state index in [9.17, 15) is 9.59 Å². The van der Waals surface area contributed by atoms with Gasteiger partial charge in [-0.1, -0.05) is 17.4 Å². The fourth-order valence-electron chi connectivity index (χ4n) is 3.12. The zero-order valence-electron chi connectivity index (χ0n) is 17.8.